The van der Waals surface area contributed by atoms with Gasteiger partial charge in [0.2, 0.25) is 0 Å². The molecule has 1 aliphatic carbocycles. The lowest BCUT2D eigenvalue weighted by molar-refractivity contribution is 0.655. The van der Waals surface area contributed by atoms with Crippen molar-refractivity contribution >= 4 is 12.0 Å². The zero-order valence-electron chi connectivity index (χ0n) is 5.37. The van der Waals surface area contributed by atoms with E-state index >= 15 is 0 Å². The van der Waals surface area contributed by atoms with Gasteiger partial charge < -0.3 is 4.55 Å². The van der Waals surface area contributed by atoms with Gasteiger partial charge in [0.1, 0.15) is 0 Å². The molecule has 0 saturated carbocycles. The third-order valence-electron chi connectivity index (χ3n) is 1.38. The van der Waals surface area contributed by atoms with Crippen LogP contribution in [0, 0.1) is 0 Å². The van der Waals surface area contributed by atoms with E-state index < -0.39 is 0 Å². The first kappa shape index (κ1) is 6.90. The lowest BCUT2D eigenvalue weighted by Crippen LogP contribution is -1.98. The van der Waals surface area contributed by atoms with Gasteiger partial charge in [0.25, 0.3) is 0 Å². The van der Waals surface area contributed by atoms with Gasteiger partial charge in [-0.1, -0.05) is 23.8 Å². The summed E-state index contributed by atoms with van der Waals surface area (Å²) < 4.78 is 8.61. The highest BCUT2D eigenvalue weighted by Gasteiger charge is 2.04. The number of allylic oxidation sites excluding steroid dienone is 3. The Morgan fingerprint density at radius 1 is 1.78 bits per heavy atom. The van der Waals surface area contributed by atoms with Crippen LogP contribution in [-0.2, 0) is 0 Å². The molecule has 0 aromatic rings. The van der Waals surface area contributed by atoms with Gasteiger partial charge >= 0.3 is 0 Å². The van der Waals surface area contributed by atoms with Crippen LogP contribution in [0.25, 0.3) is 0 Å². The van der Waals surface area contributed by atoms with Gasteiger partial charge in [-0.3, -0.25) is 0 Å². The van der Waals surface area contributed by atoms with Crippen LogP contribution < -0.4 is 0 Å². The minimum absolute atomic E-state index is 0.286. The number of hydrogen-bond acceptors (Lipinski definition) is 2. The maximum Gasteiger partial charge on any atom is 0.0526 e. The maximum absolute atomic E-state index is 8.61. The normalized spacial score (nSPS) is 26.0. The minimum Gasteiger partial charge on any atom is -0.329 e. The summed E-state index contributed by atoms with van der Waals surface area (Å²) in [6.45, 7) is 2.06. The van der Waals surface area contributed by atoms with Crippen molar-refractivity contribution in [2.45, 2.75) is 18.6 Å². The Morgan fingerprint density at radius 3 is 3.00 bits per heavy atom. The molecule has 0 spiro atoms. The average molecular weight is 142 g/mol. The van der Waals surface area contributed by atoms with Crippen molar-refractivity contribution in [2.24, 2.45) is 0 Å². The van der Waals surface area contributed by atoms with Crippen molar-refractivity contribution in [3.05, 3.63) is 23.8 Å². The van der Waals surface area contributed by atoms with Gasteiger partial charge in [0.15, 0.2) is 0 Å². The van der Waals surface area contributed by atoms with Gasteiger partial charge in [0, 0.05) is 0 Å². The Kier molecular flexibility index (Phi) is 2.37. The molecule has 0 fully saturated rings. The van der Waals surface area contributed by atoms with Gasteiger partial charge in [0.05, 0.1) is 5.25 Å². The molecule has 1 atom stereocenters. The summed E-state index contributed by atoms with van der Waals surface area (Å²) in [5.41, 5.74) is 1.29. The summed E-state index contributed by atoms with van der Waals surface area (Å²) in [5.74, 6) is 0. The van der Waals surface area contributed by atoms with E-state index in [0.717, 1.165) is 18.5 Å². The average Bonchev–Trinajstić information content (AvgIpc) is 1.90. The lowest BCUT2D eigenvalue weighted by atomic mass is 10.1. The molecule has 1 aliphatic rings. The first-order valence-corrected chi connectivity index (χ1v) is 3.82. The Morgan fingerprint density at radius 2 is 2.56 bits per heavy atom. The topological polar surface area (TPSA) is 20.2 Å². The second kappa shape index (κ2) is 3.08. The molecular weight excluding hydrogens is 132 g/mol. The summed E-state index contributed by atoms with van der Waals surface area (Å²) in [6, 6.07) is 0. The second-order valence-corrected chi connectivity index (χ2v) is 3.00. The quantitative estimate of drug-likeness (QED) is 0.567. The van der Waals surface area contributed by atoms with Crippen LogP contribution in [-0.4, -0.2) is 9.80 Å². The highest BCUT2D eigenvalue weighted by atomic mass is 32.2. The first-order chi connectivity index (χ1) is 4.33. The van der Waals surface area contributed by atoms with E-state index in [4.69, 9.17) is 4.55 Å². The molecule has 50 valence electrons. The number of hydrogen-bond donors (Lipinski definition) is 1. The van der Waals surface area contributed by atoms with E-state index in [9.17, 15) is 0 Å². The van der Waals surface area contributed by atoms with Crippen LogP contribution in [0.1, 0.15) is 13.3 Å². The maximum atomic E-state index is 8.61. The fourth-order valence-corrected chi connectivity index (χ4v) is 1.12. The third-order valence-corrected chi connectivity index (χ3v) is 2.00. The molecule has 0 aromatic carbocycles. The van der Waals surface area contributed by atoms with Gasteiger partial charge in [-0.2, -0.15) is 0 Å². The zero-order valence-corrected chi connectivity index (χ0v) is 6.19. The molecular formula is C7H10OS. The predicted octanol–water partition coefficient (Wildman–Crippen LogP) is 2.47. The fourth-order valence-electron chi connectivity index (χ4n) is 0.786. The second-order valence-electron chi connectivity index (χ2n) is 2.19. The highest BCUT2D eigenvalue weighted by molar-refractivity contribution is 7.94. The van der Waals surface area contributed by atoms with Crippen molar-refractivity contribution in [1.29, 1.82) is 0 Å². The molecule has 0 bridgehead atoms. The molecule has 1 rings (SSSR count). The highest BCUT2D eigenvalue weighted by Crippen LogP contribution is 2.18. The van der Waals surface area contributed by atoms with Crippen molar-refractivity contribution in [1.82, 2.24) is 0 Å². The van der Waals surface area contributed by atoms with E-state index in [-0.39, 0.29) is 5.25 Å². The van der Waals surface area contributed by atoms with Crippen LogP contribution in [0.3, 0.4) is 0 Å². The van der Waals surface area contributed by atoms with Gasteiger partial charge in [-0.15, -0.1) is 0 Å². The monoisotopic (exact) mass is 142 g/mol. The SMILES string of the molecule is CC1=CCC(SO)C=C1. The Labute approximate surface area is 59.7 Å². The summed E-state index contributed by atoms with van der Waals surface area (Å²) in [6.07, 6.45) is 7.16. The van der Waals surface area contributed by atoms with Crippen molar-refractivity contribution < 1.29 is 4.55 Å². The zero-order chi connectivity index (χ0) is 6.69. The molecule has 0 aliphatic heterocycles. The van der Waals surface area contributed by atoms with Crippen molar-refractivity contribution in [2.75, 3.05) is 0 Å². The van der Waals surface area contributed by atoms with Crippen molar-refractivity contribution in [3.8, 4) is 0 Å². The molecule has 1 nitrogen and oxygen atoms in total. The number of rotatable bonds is 1. The smallest absolute Gasteiger partial charge is 0.0526 e. The summed E-state index contributed by atoms with van der Waals surface area (Å²) in [4.78, 5) is 0. The molecule has 0 saturated heterocycles. The van der Waals surface area contributed by atoms with Crippen LogP contribution in [0.5, 0.6) is 0 Å². The molecule has 1 unspecified atom stereocenters. The van der Waals surface area contributed by atoms with E-state index in [1.165, 1.54) is 5.57 Å². The Bertz CT molecular complexity index is 149. The van der Waals surface area contributed by atoms with Crippen LogP contribution in [0.4, 0.5) is 0 Å². The third kappa shape index (κ3) is 1.88. The van der Waals surface area contributed by atoms with Gasteiger partial charge in [-0.05, 0) is 25.4 Å². The molecule has 0 amide bonds. The predicted molar refractivity (Wildman–Crippen MR) is 41.5 cm³/mol. The Balaban J connectivity index is 2.48. The van der Waals surface area contributed by atoms with E-state index in [2.05, 4.69) is 13.0 Å². The molecule has 0 radical (unpaired) electrons. The lowest BCUT2D eigenvalue weighted by Gasteiger charge is -2.08. The molecule has 9 heavy (non-hydrogen) atoms. The van der Waals surface area contributed by atoms with Crippen LogP contribution in [0.15, 0.2) is 23.8 Å². The van der Waals surface area contributed by atoms with Crippen molar-refractivity contribution in [3.63, 3.8) is 0 Å². The molecule has 2 heteroatoms. The summed E-state index contributed by atoms with van der Waals surface area (Å²) in [5, 5.41) is 0.286. The van der Waals surface area contributed by atoms with E-state index in [1.54, 1.807) is 0 Å². The largest absolute Gasteiger partial charge is 0.329 e. The van der Waals surface area contributed by atoms with E-state index in [0.29, 0.717) is 0 Å². The molecule has 0 heterocycles. The first-order valence-electron chi connectivity index (χ1n) is 2.98. The van der Waals surface area contributed by atoms with E-state index in [1.807, 2.05) is 12.2 Å². The fraction of sp³-hybridized carbons (Fsp3) is 0.429. The summed E-state index contributed by atoms with van der Waals surface area (Å²) >= 11 is 0.916. The Hall–Kier alpha value is -0.210. The van der Waals surface area contributed by atoms with Crippen LogP contribution in [0.2, 0.25) is 0 Å². The summed E-state index contributed by atoms with van der Waals surface area (Å²) in [7, 11) is 0. The van der Waals surface area contributed by atoms with Crippen LogP contribution >= 0.6 is 12.0 Å². The standard InChI is InChI=1S/C7H10OS/c1-6-2-4-7(9-8)5-3-6/h2-4,7-8H,5H2,1H3. The molecule has 1 N–H and O–H groups in total. The van der Waals surface area contributed by atoms with Gasteiger partial charge in [-0.25, -0.2) is 0 Å². The molecule has 0 aromatic heterocycles. The minimum atomic E-state index is 0.286.